The Morgan fingerprint density at radius 2 is 2.20 bits per heavy atom. The van der Waals surface area contributed by atoms with Gasteiger partial charge in [0.2, 0.25) is 5.91 Å². The Morgan fingerprint density at radius 1 is 1.45 bits per heavy atom. The molecule has 1 amide bonds. The number of carboxylic acids is 1. The monoisotopic (exact) mass is 276 g/mol. The molecular weight excluding hydrogens is 256 g/mol. The van der Waals surface area contributed by atoms with Crippen LogP contribution in [0.5, 0.6) is 0 Å². The van der Waals surface area contributed by atoms with E-state index in [0.717, 1.165) is 24.2 Å². The quantitative estimate of drug-likeness (QED) is 0.766. The van der Waals surface area contributed by atoms with Gasteiger partial charge in [0.15, 0.2) is 0 Å². The first kappa shape index (κ1) is 14.4. The van der Waals surface area contributed by atoms with Crippen LogP contribution in [0.2, 0.25) is 0 Å². The zero-order valence-corrected chi connectivity index (χ0v) is 11.6. The van der Waals surface area contributed by atoms with Crippen molar-refractivity contribution in [2.45, 2.75) is 25.7 Å². The smallest absolute Gasteiger partial charge is 0.303 e. The molecule has 0 saturated carbocycles. The predicted octanol–water partition coefficient (Wildman–Crippen LogP) is 1.81. The van der Waals surface area contributed by atoms with Crippen molar-refractivity contribution in [1.29, 1.82) is 0 Å². The maximum atomic E-state index is 12.3. The van der Waals surface area contributed by atoms with Crippen LogP contribution in [-0.4, -0.2) is 30.1 Å². The molecule has 0 saturated heterocycles. The number of fused-ring (bicyclic) bond motifs is 1. The van der Waals surface area contributed by atoms with Gasteiger partial charge in [-0.15, -0.1) is 0 Å². The van der Waals surface area contributed by atoms with Gasteiger partial charge in [-0.3, -0.25) is 9.59 Å². The number of aliphatic carboxylic acids is 1. The number of hydrogen-bond acceptors (Lipinski definition) is 3. The molecule has 0 aromatic heterocycles. The number of anilines is 1. The summed E-state index contributed by atoms with van der Waals surface area (Å²) in [6.45, 7) is 3.00. The van der Waals surface area contributed by atoms with Gasteiger partial charge < -0.3 is 15.7 Å². The largest absolute Gasteiger partial charge is 0.481 e. The summed E-state index contributed by atoms with van der Waals surface area (Å²) in [7, 11) is 0. The minimum atomic E-state index is -0.834. The van der Waals surface area contributed by atoms with Crippen molar-refractivity contribution in [3.05, 3.63) is 29.8 Å². The van der Waals surface area contributed by atoms with Crippen LogP contribution < -0.4 is 10.6 Å². The normalized spacial score (nSPS) is 18.6. The number of carbonyl (C=O) groups is 2. The fourth-order valence-electron chi connectivity index (χ4n) is 2.51. The summed E-state index contributed by atoms with van der Waals surface area (Å²) in [5, 5.41) is 14.9. The van der Waals surface area contributed by atoms with Crippen molar-refractivity contribution in [3.8, 4) is 0 Å². The molecule has 0 bridgehead atoms. The van der Waals surface area contributed by atoms with Crippen LogP contribution in [0.15, 0.2) is 24.3 Å². The van der Waals surface area contributed by atoms with E-state index in [4.69, 9.17) is 5.11 Å². The second-order valence-corrected chi connectivity index (χ2v) is 5.30. The maximum absolute atomic E-state index is 12.3. The summed E-state index contributed by atoms with van der Waals surface area (Å²) in [6.07, 6.45) is 0.833. The molecule has 1 aromatic rings. The molecule has 0 radical (unpaired) electrons. The molecule has 1 aromatic carbocycles. The number of nitrogens with one attached hydrogen (secondary N) is 2. The molecule has 2 unspecified atom stereocenters. The average Bonchev–Trinajstić information content (AvgIpc) is 2.43. The van der Waals surface area contributed by atoms with E-state index in [1.165, 1.54) is 0 Å². The van der Waals surface area contributed by atoms with Crippen LogP contribution in [0.25, 0.3) is 0 Å². The zero-order valence-electron chi connectivity index (χ0n) is 11.6. The van der Waals surface area contributed by atoms with E-state index in [1.807, 2.05) is 31.2 Å². The summed E-state index contributed by atoms with van der Waals surface area (Å²) in [6, 6.07) is 7.81. The molecule has 0 fully saturated rings. The van der Waals surface area contributed by atoms with Crippen molar-refractivity contribution >= 4 is 17.6 Å². The SMILES string of the molecule is CC(CNC(=O)C1CCNc2ccccc21)CC(=O)O. The molecule has 108 valence electrons. The van der Waals surface area contributed by atoms with Gasteiger partial charge in [-0.05, 0) is 24.0 Å². The van der Waals surface area contributed by atoms with Crippen molar-refractivity contribution in [1.82, 2.24) is 5.32 Å². The first-order valence-electron chi connectivity index (χ1n) is 6.90. The molecule has 1 heterocycles. The maximum Gasteiger partial charge on any atom is 0.303 e. The summed E-state index contributed by atoms with van der Waals surface area (Å²) < 4.78 is 0. The number of hydrogen-bond donors (Lipinski definition) is 3. The highest BCUT2D eigenvalue weighted by molar-refractivity contribution is 5.86. The fourth-order valence-corrected chi connectivity index (χ4v) is 2.51. The first-order chi connectivity index (χ1) is 9.58. The Balaban J connectivity index is 1.95. The molecule has 1 aliphatic heterocycles. The minimum absolute atomic E-state index is 0.0174. The predicted molar refractivity (Wildman–Crippen MR) is 76.7 cm³/mol. The molecule has 3 N–H and O–H groups in total. The number of benzene rings is 1. The van der Waals surface area contributed by atoms with Gasteiger partial charge in [0, 0.05) is 25.2 Å². The first-order valence-corrected chi connectivity index (χ1v) is 6.90. The van der Waals surface area contributed by atoms with Crippen LogP contribution in [0.4, 0.5) is 5.69 Å². The van der Waals surface area contributed by atoms with Crippen LogP contribution in [-0.2, 0) is 9.59 Å². The average molecular weight is 276 g/mol. The standard InChI is InChI=1S/C15H20N2O3/c1-10(8-14(18)19)9-17-15(20)12-6-7-16-13-5-3-2-4-11(12)13/h2-5,10,12,16H,6-9H2,1H3,(H,17,20)(H,18,19). The molecular formula is C15H20N2O3. The Kier molecular flexibility index (Phi) is 4.61. The number of para-hydroxylation sites is 1. The van der Waals surface area contributed by atoms with E-state index in [0.29, 0.717) is 6.54 Å². The van der Waals surface area contributed by atoms with E-state index in [-0.39, 0.29) is 24.2 Å². The van der Waals surface area contributed by atoms with Crippen LogP contribution in [0, 0.1) is 5.92 Å². The highest BCUT2D eigenvalue weighted by Crippen LogP contribution is 2.31. The zero-order chi connectivity index (χ0) is 14.5. The third kappa shape index (κ3) is 3.50. The Bertz CT molecular complexity index is 502. The molecule has 2 rings (SSSR count). The van der Waals surface area contributed by atoms with Crippen LogP contribution >= 0.6 is 0 Å². The second kappa shape index (κ2) is 6.41. The Morgan fingerprint density at radius 3 is 2.95 bits per heavy atom. The summed E-state index contributed by atoms with van der Waals surface area (Å²) in [5.41, 5.74) is 2.03. The van der Waals surface area contributed by atoms with Gasteiger partial charge in [-0.25, -0.2) is 0 Å². The Hall–Kier alpha value is -2.04. The van der Waals surface area contributed by atoms with Gasteiger partial charge in [0.05, 0.1) is 5.92 Å². The van der Waals surface area contributed by atoms with E-state index in [2.05, 4.69) is 10.6 Å². The van der Waals surface area contributed by atoms with Gasteiger partial charge in [-0.1, -0.05) is 25.1 Å². The van der Waals surface area contributed by atoms with Gasteiger partial charge in [0.1, 0.15) is 0 Å². The molecule has 0 spiro atoms. The Labute approximate surface area is 118 Å². The number of rotatable bonds is 5. The lowest BCUT2D eigenvalue weighted by Crippen LogP contribution is -2.35. The highest BCUT2D eigenvalue weighted by atomic mass is 16.4. The van der Waals surface area contributed by atoms with Crippen molar-refractivity contribution < 1.29 is 14.7 Å². The number of carboxylic acid groups (broad SMARTS) is 1. The van der Waals surface area contributed by atoms with Crippen molar-refractivity contribution in [2.75, 3.05) is 18.4 Å². The van der Waals surface area contributed by atoms with Gasteiger partial charge >= 0.3 is 5.97 Å². The van der Waals surface area contributed by atoms with Gasteiger partial charge in [-0.2, -0.15) is 0 Å². The van der Waals surface area contributed by atoms with Crippen LogP contribution in [0.3, 0.4) is 0 Å². The second-order valence-electron chi connectivity index (χ2n) is 5.30. The van der Waals surface area contributed by atoms with E-state index < -0.39 is 5.97 Å². The lowest BCUT2D eigenvalue weighted by molar-refractivity contribution is -0.138. The lowest BCUT2D eigenvalue weighted by atomic mass is 9.90. The molecule has 1 aliphatic rings. The lowest BCUT2D eigenvalue weighted by Gasteiger charge is -2.26. The van der Waals surface area contributed by atoms with Crippen LogP contribution in [0.1, 0.15) is 31.2 Å². The fraction of sp³-hybridized carbons (Fsp3) is 0.467. The minimum Gasteiger partial charge on any atom is -0.481 e. The number of amides is 1. The molecule has 2 atom stereocenters. The molecule has 20 heavy (non-hydrogen) atoms. The van der Waals surface area contributed by atoms with E-state index in [1.54, 1.807) is 0 Å². The van der Waals surface area contributed by atoms with E-state index in [9.17, 15) is 9.59 Å². The topological polar surface area (TPSA) is 78.4 Å². The van der Waals surface area contributed by atoms with E-state index >= 15 is 0 Å². The molecule has 0 aliphatic carbocycles. The molecule has 5 nitrogen and oxygen atoms in total. The van der Waals surface area contributed by atoms with Crippen molar-refractivity contribution in [2.24, 2.45) is 5.92 Å². The highest BCUT2D eigenvalue weighted by Gasteiger charge is 2.26. The summed E-state index contributed by atoms with van der Waals surface area (Å²) in [4.78, 5) is 22.9. The van der Waals surface area contributed by atoms with Gasteiger partial charge in [0.25, 0.3) is 0 Å². The molecule has 5 heteroatoms. The third-order valence-corrected chi connectivity index (χ3v) is 3.55. The summed E-state index contributed by atoms with van der Waals surface area (Å²) >= 11 is 0. The third-order valence-electron chi connectivity index (χ3n) is 3.55. The summed E-state index contributed by atoms with van der Waals surface area (Å²) in [5.74, 6) is -1.06. The van der Waals surface area contributed by atoms with Crippen molar-refractivity contribution in [3.63, 3.8) is 0 Å². The number of carbonyl (C=O) groups excluding carboxylic acids is 1.